The van der Waals surface area contributed by atoms with Gasteiger partial charge >= 0.3 is 0 Å². The number of hydrogen-bond donors (Lipinski definition) is 1. The Bertz CT molecular complexity index is 594. The van der Waals surface area contributed by atoms with Gasteiger partial charge in [0.15, 0.2) is 0 Å². The summed E-state index contributed by atoms with van der Waals surface area (Å²) in [6, 6.07) is 6.48. The average Bonchev–Trinajstić information content (AvgIpc) is 3.13. The van der Waals surface area contributed by atoms with Crippen LogP contribution < -0.4 is 10.1 Å². The molecule has 0 radical (unpaired) electrons. The van der Waals surface area contributed by atoms with Crippen LogP contribution in [0.4, 0.5) is 0 Å². The zero-order valence-corrected chi connectivity index (χ0v) is 13.3. The van der Waals surface area contributed by atoms with Crippen LogP contribution in [0.5, 0.6) is 5.75 Å². The summed E-state index contributed by atoms with van der Waals surface area (Å²) in [5.41, 5.74) is 3.96. The lowest BCUT2D eigenvalue weighted by molar-refractivity contribution is 0.301. The molecule has 0 fully saturated rings. The normalized spacial score (nSPS) is 13.4. The van der Waals surface area contributed by atoms with Crippen LogP contribution in [0.25, 0.3) is 0 Å². The van der Waals surface area contributed by atoms with E-state index in [0.29, 0.717) is 6.61 Å². The summed E-state index contributed by atoms with van der Waals surface area (Å²) < 4.78 is 5.88. The Balaban J connectivity index is 1.53. The number of thiazole rings is 1. The fourth-order valence-electron chi connectivity index (χ4n) is 2.66. The number of ether oxygens (including phenoxy) is 1. The van der Waals surface area contributed by atoms with E-state index in [-0.39, 0.29) is 0 Å². The highest BCUT2D eigenvalue weighted by molar-refractivity contribution is 7.09. The minimum Gasteiger partial charge on any atom is -0.487 e. The van der Waals surface area contributed by atoms with Gasteiger partial charge in [-0.2, -0.15) is 0 Å². The van der Waals surface area contributed by atoms with Gasteiger partial charge in [0, 0.05) is 11.9 Å². The monoisotopic (exact) mass is 302 g/mol. The summed E-state index contributed by atoms with van der Waals surface area (Å²) >= 11 is 1.70. The number of rotatable bonds is 7. The SMILES string of the molecule is CCCNCc1nc(COc2ccc3c(c2)CCC3)cs1. The molecule has 0 bridgehead atoms. The minimum atomic E-state index is 0.559. The zero-order chi connectivity index (χ0) is 14.5. The summed E-state index contributed by atoms with van der Waals surface area (Å²) in [6.45, 7) is 4.63. The second kappa shape index (κ2) is 7.05. The zero-order valence-electron chi connectivity index (χ0n) is 12.5. The van der Waals surface area contributed by atoms with Crippen molar-refractivity contribution in [2.75, 3.05) is 6.54 Å². The van der Waals surface area contributed by atoms with Gasteiger partial charge in [-0.15, -0.1) is 11.3 Å². The first-order valence-electron chi connectivity index (χ1n) is 7.73. The van der Waals surface area contributed by atoms with Crippen LogP contribution in [-0.2, 0) is 26.0 Å². The molecule has 2 aromatic rings. The van der Waals surface area contributed by atoms with Crippen LogP contribution in [0.1, 0.15) is 41.6 Å². The summed E-state index contributed by atoms with van der Waals surface area (Å²) in [6.07, 6.45) is 4.84. The Morgan fingerprint density at radius 2 is 2.19 bits per heavy atom. The third kappa shape index (κ3) is 3.83. The van der Waals surface area contributed by atoms with Gasteiger partial charge in [-0.3, -0.25) is 0 Å². The highest BCUT2D eigenvalue weighted by Crippen LogP contribution is 2.26. The summed E-state index contributed by atoms with van der Waals surface area (Å²) in [7, 11) is 0. The Hall–Kier alpha value is -1.39. The summed E-state index contributed by atoms with van der Waals surface area (Å²) in [5, 5.41) is 6.60. The predicted octanol–water partition coefficient (Wildman–Crippen LogP) is 3.71. The molecule has 4 heteroatoms. The van der Waals surface area contributed by atoms with Gasteiger partial charge in [0.1, 0.15) is 17.4 Å². The van der Waals surface area contributed by atoms with Crippen molar-refractivity contribution in [2.24, 2.45) is 0 Å². The molecular formula is C17H22N2OS. The van der Waals surface area contributed by atoms with Crippen LogP contribution in [0.15, 0.2) is 23.6 Å². The van der Waals surface area contributed by atoms with E-state index in [1.165, 1.54) is 30.4 Å². The Morgan fingerprint density at radius 3 is 3.10 bits per heavy atom. The van der Waals surface area contributed by atoms with Crippen molar-refractivity contribution in [1.29, 1.82) is 0 Å². The number of nitrogens with one attached hydrogen (secondary N) is 1. The largest absolute Gasteiger partial charge is 0.487 e. The van der Waals surface area contributed by atoms with E-state index in [0.717, 1.165) is 36.0 Å². The number of benzene rings is 1. The molecule has 0 amide bonds. The standard InChI is InChI=1S/C17H22N2OS/c1-2-8-18-10-17-19-15(12-21-17)11-20-16-7-6-13-4-3-5-14(13)9-16/h6-7,9,12,18H,2-5,8,10-11H2,1H3. The average molecular weight is 302 g/mol. The Labute approximate surface area is 130 Å². The number of aryl methyl sites for hydroxylation is 2. The van der Waals surface area contributed by atoms with Gasteiger partial charge in [0.25, 0.3) is 0 Å². The number of aromatic nitrogens is 1. The minimum absolute atomic E-state index is 0.559. The molecule has 0 saturated heterocycles. The van der Waals surface area contributed by atoms with Crippen molar-refractivity contribution >= 4 is 11.3 Å². The van der Waals surface area contributed by atoms with E-state index < -0.39 is 0 Å². The van der Waals surface area contributed by atoms with E-state index in [1.54, 1.807) is 11.3 Å². The first kappa shape index (κ1) is 14.5. The van der Waals surface area contributed by atoms with Crippen molar-refractivity contribution in [3.8, 4) is 5.75 Å². The van der Waals surface area contributed by atoms with Crippen LogP contribution in [-0.4, -0.2) is 11.5 Å². The first-order chi connectivity index (χ1) is 10.3. The van der Waals surface area contributed by atoms with E-state index in [9.17, 15) is 0 Å². The van der Waals surface area contributed by atoms with E-state index >= 15 is 0 Å². The maximum Gasteiger partial charge on any atom is 0.131 e. The molecule has 1 aliphatic rings. The molecule has 112 valence electrons. The van der Waals surface area contributed by atoms with Crippen LogP contribution in [0, 0.1) is 0 Å². The van der Waals surface area contributed by atoms with Gasteiger partial charge < -0.3 is 10.1 Å². The van der Waals surface area contributed by atoms with Crippen LogP contribution in [0.3, 0.4) is 0 Å². The molecule has 0 aliphatic heterocycles. The molecule has 1 aromatic heterocycles. The topological polar surface area (TPSA) is 34.2 Å². The third-order valence-electron chi connectivity index (χ3n) is 3.76. The molecule has 1 aromatic carbocycles. The van der Waals surface area contributed by atoms with Crippen molar-refractivity contribution in [3.05, 3.63) is 45.4 Å². The maximum atomic E-state index is 5.88. The highest BCUT2D eigenvalue weighted by Gasteiger charge is 2.11. The molecule has 1 aliphatic carbocycles. The Kier molecular flexibility index (Phi) is 4.88. The number of nitrogens with zero attached hydrogens (tertiary/aromatic N) is 1. The quantitative estimate of drug-likeness (QED) is 0.792. The number of fused-ring (bicyclic) bond motifs is 1. The van der Waals surface area contributed by atoms with Crippen LogP contribution in [0.2, 0.25) is 0 Å². The van der Waals surface area contributed by atoms with Gasteiger partial charge in [-0.1, -0.05) is 13.0 Å². The highest BCUT2D eigenvalue weighted by atomic mass is 32.1. The van der Waals surface area contributed by atoms with Crippen molar-refractivity contribution in [1.82, 2.24) is 10.3 Å². The lowest BCUT2D eigenvalue weighted by atomic mass is 10.1. The summed E-state index contributed by atoms with van der Waals surface area (Å²) in [4.78, 5) is 4.60. The second-order valence-corrected chi connectivity index (χ2v) is 6.42. The van der Waals surface area contributed by atoms with E-state index in [2.05, 4.69) is 40.8 Å². The second-order valence-electron chi connectivity index (χ2n) is 5.48. The van der Waals surface area contributed by atoms with Crippen molar-refractivity contribution < 1.29 is 4.74 Å². The molecule has 0 spiro atoms. The molecule has 1 heterocycles. The molecule has 0 atom stereocenters. The Morgan fingerprint density at radius 1 is 1.29 bits per heavy atom. The first-order valence-corrected chi connectivity index (χ1v) is 8.61. The molecular weight excluding hydrogens is 280 g/mol. The van der Waals surface area contributed by atoms with Gasteiger partial charge in [0.05, 0.1) is 5.69 Å². The fourth-order valence-corrected chi connectivity index (χ4v) is 3.41. The molecule has 1 N–H and O–H groups in total. The van der Waals surface area contributed by atoms with Crippen molar-refractivity contribution in [2.45, 2.75) is 45.8 Å². The molecule has 0 saturated carbocycles. The molecule has 3 nitrogen and oxygen atoms in total. The fraction of sp³-hybridized carbons (Fsp3) is 0.471. The van der Waals surface area contributed by atoms with E-state index in [4.69, 9.17) is 4.74 Å². The molecule has 0 unspecified atom stereocenters. The predicted molar refractivity (Wildman–Crippen MR) is 86.9 cm³/mol. The summed E-state index contributed by atoms with van der Waals surface area (Å²) in [5.74, 6) is 0.967. The van der Waals surface area contributed by atoms with Gasteiger partial charge in [-0.25, -0.2) is 4.98 Å². The lowest BCUT2D eigenvalue weighted by Gasteiger charge is -2.06. The molecule has 21 heavy (non-hydrogen) atoms. The van der Waals surface area contributed by atoms with Gasteiger partial charge in [-0.05, 0) is 55.5 Å². The van der Waals surface area contributed by atoms with Gasteiger partial charge in [0.2, 0.25) is 0 Å². The lowest BCUT2D eigenvalue weighted by Crippen LogP contribution is -2.13. The maximum absolute atomic E-state index is 5.88. The third-order valence-corrected chi connectivity index (χ3v) is 4.66. The number of hydrogen-bond acceptors (Lipinski definition) is 4. The van der Waals surface area contributed by atoms with Crippen LogP contribution >= 0.6 is 11.3 Å². The smallest absolute Gasteiger partial charge is 0.131 e. The molecule has 3 rings (SSSR count). The van der Waals surface area contributed by atoms with E-state index in [1.807, 2.05) is 0 Å². The van der Waals surface area contributed by atoms with Crippen molar-refractivity contribution in [3.63, 3.8) is 0 Å².